The second-order valence-electron chi connectivity index (χ2n) is 9.20. The van der Waals surface area contributed by atoms with Crippen molar-refractivity contribution in [3.63, 3.8) is 0 Å². The smallest absolute Gasteiger partial charge is 0.394 e. The summed E-state index contributed by atoms with van der Waals surface area (Å²) < 4.78 is 62.8. The highest BCUT2D eigenvalue weighted by Gasteiger charge is 2.32. The Labute approximate surface area is 224 Å². The minimum atomic E-state index is -4.53. The number of halogens is 3. The number of rotatable bonds is 8. The Morgan fingerprint density at radius 3 is 2.41 bits per heavy atom. The number of alkyl halides is 3. The van der Waals surface area contributed by atoms with E-state index in [-0.39, 0.29) is 22.5 Å². The number of aliphatic hydroxyl groups excluding tert-OH is 1. The molecule has 4 rings (SSSR count). The molecule has 2 aromatic heterocycles. The number of aromatic nitrogens is 3. The van der Waals surface area contributed by atoms with Crippen molar-refractivity contribution in [2.45, 2.75) is 49.8 Å². The van der Waals surface area contributed by atoms with Gasteiger partial charge < -0.3 is 15.3 Å². The van der Waals surface area contributed by atoms with E-state index < -0.39 is 40.1 Å². The van der Waals surface area contributed by atoms with E-state index in [9.17, 15) is 31.5 Å². The Hall–Kier alpha value is -3.58. The van der Waals surface area contributed by atoms with Gasteiger partial charge in [0.15, 0.2) is 9.84 Å². The zero-order valence-corrected chi connectivity index (χ0v) is 22.1. The maximum absolute atomic E-state index is 13.1. The first-order valence-corrected chi connectivity index (χ1v) is 14.0. The van der Waals surface area contributed by atoms with E-state index in [2.05, 4.69) is 20.3 Å². The molecule has 39 heavy (non-hydrogen) atoms. The number of benzene rings is 1. The van der Waals surface area contributed by atoms with Gasteiger partial charge in [-0.1, -0.05) is 19.9 Å². The number of fused-ring (bicyclic) bond motifs is 1. The first kappa shape index (κ1) is 28.4. The van der Waals surface area contributed by atoms with Crippen LogP contribution in [0, 0.1) is 0 Å². The van der Waals surface area contributed by atoms with Crippen molar-refractivity contribution in [1.82, 2.24) is 20.3 Å². The van der Waals surface area contributed by atoms with E-state index in [4.69, 9.17) is 0 Å². The van der Waals surface area contributed by atoms with E-state index >= 15 is 0 Å². The van der Waals surface area contributed by atoms with Crippen molar-refractivity contribution in [1.29, 1.82) is 0 Å². The van der Waals surface area contributed by atoms with E-state index in [1.807, 2.05) is 13.0 Å². The fourth-order valence-electron chi connectivity index (χ4n) is 4.45. The maximum atomic E-state index is 13.1. The fourth-order valence-corrected chi connectivity index (χ4v) is 5.27. The number of carbonyl (C=O) groups excluding carboxylic acids is 1. The minimum absolute atomic E-state index is 0.0542. The summed E-state index contributed by atoms with van der Waals surface area (Å²) in [5, 5.41) is 12.6. The van der Waals surface area contributed by atoms with Crippen LogP contribution in [0.2, 0.25) is 0 Å². The third-order valence-corrected chi connectivity index (χ3v) is 8.45. The molecule has 0 bridgehead atoms. The molecule has 13 heteroatoms. The molecular weight excluding hydrogens is 535 g/mol. The summed E-state index contributed by atoms with van der Waals surface area (Å²) in [6.45, 7) is 3.89. The zero-order valence-electron chi connectivity index (χ0n) is 21.3. The van der Waals surface area contributed by atoms with Crippen LogP contribution in [0.25, 0.3) is 0 Å². The Bertz CT molecular complexity index is 1430. The van der Waals surface area contributed by atoms with Gasteiger partial charge in [0.05, 0.1) is 34.6 Å². The third-order valence-electron chi connectivity index (χ3n) is 6.73. The second-order valence-corrected chi connectivity index (χ2v) is 11.5. The Morgan fingerprint density at radius 1 is 1.13 bits per heavy atom. The van der Waals surface area contributed by atoms with Crippen LogP contribution < -0.4 is 10.2 Å². The van der Waals surface area contributed by atoms with Crippen LogP contribution in [0.1, 0.15) is 65.0 Å². The largest absolute Gasteiger partial charge is 0.419 e. The molecule has 0 spiro atoms. The summed E-state index contributed by atoms with van der Waals surface area (Å²) in [4.78, 5) is 26.9. The predicted molar refractivity (Wildman–Crippen MR) is 137 cm³/mol. The van der Waals surface area contributed by atoms with E-state index in [0.29, 0.717) is 24.3 Å². The summed E-state index contributed by atoms with van der Waals surface area (Å²) in [7, 11) is -3.44. The summed E-state index contributed by atoms with van der Waals surface area (Å²) in [6.07, 6.45) is -1.05. The second kappa shape index (κ2) is 11.3. The average Bonchev–Trinajstić information content (AvgIpc) is 2.94. The first-order valence-electron chi connectivity index (χ1n) is 12.3. The van der Waals surface area contributed by atoms with Gasteiger partial charge in [-0.25, -0.2) is 18.4 Å². The highest BCUT2D eigenvalue weighted by atomic mass is 32.2. The molecule has 0 saturated heterocycles. The summed E-state index contributed by atoms with van der Waals surface area (Å²) in [6, 6.07) is 7.22. The van der Waals surface area contributed by atoms with Gasteiger partial charge in [0.25, 0.3) is 5.91 Å². The van der Waals surface area contributed by atoms with Gasteiger partial charge in [0.2, 0.25) is 5.95 Å². The molecule has 0 saturated carbocycles. The molecule has 0 aliphatic carbocycles. The quantitative estimate of drug-likeness (QED) is 0.426. The molecule has 208 valence electrons. The van der Waals surface area contributed by atoms with Crippen molar-refractivity contribution in [3.8, 4) is 0 Å². The lowest BCUT2D eigenvalue weighted by molar-refractivity contribution is -0.138. The number of hydrogen-bond acceptors (Lipinski definition) is 8. The number of aliphatic hydroxyl groups is 1. The summed E-state index contributed by atoms with van der Waals surface area (Å²) in [5.41, 5.74) is 1.55. The number of carbonyl (C=O) groups is 1. The molecule has 0 radical (unpaired) electrons. The van der Waals surface area contributed by atoms with E-state index in [1.54, 1.807) is 17.0 Å². The molecule has 1 aromatic carbocycles. The maximum Gasteiger partial charge on any atom is 0.419 e. The zero-order chi connectivity index (χ0) is 28.4. The Balaban J connectivity index is 1.54. The van der Waals surface area contributed by atoms with Crippen LogP contribution in [-0.4, -0.2) is 53.3 Å². The molecule has 9 nitrogen and oxygen atoms in total. The number of hydrogen-bond donors (Lipinski definition) is 2. The van der Waals surface area contributed by atoms with Crippen LogP contribution in [0.3, 0.4) is 0 Å². The van der Waals surface area contributed by atoms with Crippen LogP contribution in [0.15, 0.2) is 53.8 Å². The Kier molecular flexibility index (Phi) is 8.21. The van der Waals surface area contributed by atoms with Crippen LogP contribution in [-0.2, 0) is 22.6 Å². The summed E-state index contributed by atoms with van der Waals surface area (Å²) in [5.74, 6) is -0.320. The van der Waals surface area contributed by atoms with Crippen LogP contribution in [0.4, 0.5) is 19.1 Å². The number of sulfone groups is 1. The molecule has 3 aromatic rings. The predicted octanol–water partition coefficient (Wildman–Crippen LogP) is 3.66. The lowest BCUT2D eigenvalue weighted by Gasteiger charge is -2.34. The van der Waals surface area contributed by atoms with Crippen molar-refractivity contribution < 1.29 is 31.5 Å². The SMILES string of the molecule is CC[C@@H]1CN(c2ncc(C(F)(F)F)cn2)Cc2cc(C(=O)N[C@@H](CO)c3ccc(S(=O)(=O)CC)cn3)ccc21. The topological polar surface area (TPSA) is 125 Å². The van der Waals surface area contributed by atoms with E-state index in [0.717, 1.165) is 29.9 Å². The molecule has 2 N–H and O–H groups in total. The highest BCUT2D eigenvalue weighted by Crippen LogP contribution is 2.34. The summed E-state index contributed by atoms with van der Waals surface area (Å²) >= 11 is 0. The lowest BCUT2D eigenvalue weighted by atomic mass is 9.87. The van der Waals surface area contributed by atoms with Gasteiger partial charge >= 0.3 is 6.18 Å². The van der Waals surface area contributed by atoms with Crippen molar-refractivity contribution in [2.24, 2.45) is 0 Å². The molecule has 1 aliphatic rings. The fraction of sp³-hybridized carbons (Fsp3) is 0.385. The number of nitrogens with one attached hydrogen (secondary N) is 1. The average molecular weight is 564 g/mol. The van der Waals surface area contributed by atoms with Gasteiger partial charge in [-0.15, -0.1) is 0 Å². The van der Waals surface area contributed by atoms with Gasteiger partial charge in [0, 0.05) is 43.2 Å². The van der Waals surface area contributed by atoms with Crippen molar-refractivity contribution in [3.05, 3.63) is 76.9 Å². The number of anilines is 1. The van der Waals surface area contributed by atoms with Crippen molar-refractivity contribution >= 4 is 21.7 Å². The molecule has 1 amide bonds. The van der Waals surface area contributed by atoms with Gasteiger partial charge in [-0.05, 0) is 41.8 Å². The Morgan fingerprint density at radius 2 is 1.85 bits per heavy atom. The number of nitrogens with zero attached hydrogens (tertiary/aromatic N) is 4. The highest BCUT2D eigenvalue weighted by molar-refractivity contribution is 7.91. The monoisotopic (exact) mass is 563 g/mol. The third kappa shape index (κ3) is 6.19. The molecule has 2 atom stereocenters. The minimum Gasteiger partial charge on any atom is -0.394 e. The molecule has 0 unspecified atom stereocenters. The van der Waals surface area contributed by atoms with Crippen LogP contribution >= 0.6 is 0 Å². The first-order chi connectivity index (χ1) is 18.5. The van der Waals surface area contributed by atoms with Crippen LogP contribution in [0.5, 0.6) is 0 Å². The molecular formula is C26H28F3N5O4S. The molecule has 0 fully saturated rings. The van der Waals surface area contributed by atoms with Gasteiger partial charge in [0.1, 0.15) is 0 Å². The molecule has 1 aliphatic heterocycles. The molecule has 3 heterocycles. The number of amides is 1. The van der Waals surface area contributed by atoms with Gasteiger partial charge in [-0.3, -0.25) is 9.78 Å². The number of pyridine rings is 1. The van der Waals surface area contributed by atoms with E-state index in [1.165, 1.54) is 25.3 Å². The normalized spacial score (nSPS) is 16.5. The van der Waals surface area contributed by atoms with Crippen molar-refractivity contribution in [2.75, 3.05) is 23.8 Å². The van der Waals surface area contributed by atoms with Gasteiger partial charge in [-0.2, -0.15) is 13.2 Å². The lowest BCUT2D eigenvalue weighted by Crippen LogP contribution is -2.35. The standard InChI is InChI=1S/C26H28F3N5O4S/c1-3-16-13-34(25-31-10-19(11-32-25)26(27,28)29)14-18-9-17(5-7-21(16)18)24(36)33-23(15-35)22-8-6-20(12-30-22)39(37,38)4-2/h5-12,16,23,35H,3-4,13-15H2,1-2H3,(H,33,36)/t16-,23+/m1/s1.